The van der Waals surface area contributed by atoms with Crippen molar-refractivity contribution >= 4 is 45.7 Å². The zero-order valence-electron chi connectivity index (χ0n) is 15.1. The van der Waals surface area contributed by atoms with Gasteiger partial charge in [-0.25, -0.2) is 9.78 Å². The first-order chi connectivity index (χ1) is 13.1. The number of aromatic nitrogens is 1. The van der Waals surface area contributed by atoms with Gasteiger partial charge in [-0.1, -0.05) is 24.3 Å². The number of methoxy groups -OCH3 is 3. The highest BCUT2D eigenvalue weighted by Crippen LogP contribution is 2.38. The van der Waals surface area contributed by atoms with Crippen LogP contribution in [0.2, 0.25) is 0 Å². The van der Waals surface area contributed by atoms with E-state index in [0.29, 0.717) is 11.1 Å². The lowest BCUT2D eigenvalue weighted by atomic mass is 9.98. The molecule has 27 heavy (non-hydrogen) atoms. The number of benzene rings is 2. The van der Waals surface area contributed by atoms with Gasteiger partial charge in [0.2, 0.25) is 0 Å². The summed E-state index contributed by atoms with van der Waals surface area (Å²) >= 11 is 6.35. The van der Waals surface area contributed by atoms with Crippen molar-refractivity contribution in [2.75, 3.05) is 21.3 Å². The number of esters is 1. The second-order valence-electron chi connectivity index (χ2n) is 5.63. The van der Waals surface area contributed by atoms with Crippen LogP contribution in [0.5, 0.6) is 5.75 Å². The van der Waals surface area contributed by atoms with Crippen LogP contribution in [0.3, 0.4) is 0 Å². The summed E-state index contributed by atoms with van der Waals surface area (Å²) in [4.78, 5) is 16.9. The zero-order valence-corrected chi connectivity index (χ0v) is 16.8. The number of carbonyl (C=O) groups is 1. The average molecular weight is 402 g/mol. The van der Waals surface area contributed by atoms with Crippen molar-refractivity contribution in [3.8, 4) is 5.75 Å². The third-order valence-electron chi connectivity index (χ3n) is 4.03. The fourth-order valence-electron chi connectivity index (χ4n) is 2.73. The first kappa shape index (κ1) is 19.3. The molecule has 0 N–H and O–H groups in total. The third-order valence-corrected chi connectivity index (χ3v) is 5.83. The Morgan fingerprint density at radius 2 is 1.96 bits per heavy atom. The van der Waals surface area contributed by atoms with Crippen molar-refractivity contribution in [2.45, 2.75) is 5.25 Å². The summed E-state index contributed by atoms with van der Waals surface area (Å²) in [6, 6.07) is 13.3. The highest BCUT2D eigenvalue weighted by Gasteiger charge is 2.23. The Morgan fingerprint density at radius 1 is 1.19 bits per heavy atom. The maximum Gasteiger partial charge on any atom is 0.341 e. The molecule has 0 aliphatic rings. The number of nitrogens with zero attached hydrogens (tertiary/aromatic N) is 1. The van der Waals surface area contributed by atoms with Crippen LogP contribution in [0, 0.1) is 0 Å². The molecular weight excluding hydrogens is 382 g/mol. The number of hydrogen-bond donors (Lipinski definition) is 1. The largest absolute Gasteiger partial charge is 0.503 e. The van der Waals surface area contributed by atoms with Crippen LogP contribution in [0.15, 0.2) is 48.7 Å². The fraction of sp³-hybridized carbons (Fsp3) is 0.200. The van der Waals surface area contributed by atoms with E-state index in [1.807, 2.05) is 42.5 Å². The lowest BCUT2D eigenvalue weighted by Gasteiger charge is -2.15. The van der Waals surface area contributed by atoms with E-state index in [1.165, 1.54) is 20.5 Å². The molecule has 1 aromatic heterocycles. The van der Waals surface area contributed by atoms with Gasteiger partial charge in [-0.05, 0) is 23.3 Å². The molecule has 1 atom stereocenters. The van der Waals surface area contributed by atoms with Crippen LogP contribution in [-0.4, -0.2) is 32.3 Å². The standard InChI is InChI=1S/C20H19NO4S2/c1-23-11-15(20(22)25-3)13-6-4-5-7-14(13)18(26)19-21-16-10-12(24-2)8-9-17(16)27-19/h4-11,18,26H,1-3H3/b15-11+. The van der Waals surface area contributed by atoms with Crippen molar-refractivity contribution in [3.05, 3.63) is 64.9 Å². The summed E-state index contributed by atoms with van der Waals surface area (Å²) in [5.41, 5.74) is 2.73. The topological polar surface area (TPSA) is 57.7 Å². The molecule has 0 aliphatic heterocycles. The Labute approximate surface area is 167 Å². The van der Waals surface area contributed by atoms with Crippen LogP contribution in [0.1, 0.15) is 21.4 Å². The number of thiol groups is 1. The van der Waals surface area contributed by atoms with Crippen molar-refractivity contribution in [3.63, 3.8) is 0 Å². The van der Waals surface area contributed by atoms with Gasteiger partial charge in [0, 0.05) is 6.07 Å². The monoisotopic (exact) mass is 401 g/mol. The summed E-state index contributed by atoms with van der Waals surface area (Å²) in [7, 11) is 4.46. The van der Waals surface area contributed by atoms with E-state index in [1.54, 1.807) is 18.4 Å². The minimum atomic E-state index is -0.473. The summed E-state index contributed by atoms with van der Waals surface area (Å²) in [5.74, 6) is 0.283. The molecule has 0 amide bonds. The molecule has 7 heteroatoms. The molecular formula is C20H19NO4S2. The maximum atomic E-state index is 12.2. The molecule has 0 saturated carbocycles. The number of ether oxygens (including phenoxy) is 3. The van der Waals surface area contributed by atoms with Crippen LogP contribution < -0.4 is 4.74 Å². The smallest absolute Gasteiger partial charge is 0.341 e. The summed E-state index contributed by atoms with van der Waals surface area (Å²) < 4.78 is 16.3. The number of rotatable bonds is 6. The number of thiazole rings is 1. The molecule has 0 aliphatic carbocycles. The minimum Gasteiger partial charge on any atom is -0.503 e. The minimum absolute atomic E-state index is 0.311. The van der Waals surface area contributed by atoms with Crippen LogP contribution in [0.4, 0.5) is 0 Å². The quantitative estimate of drug-likeness (QED) is 0.286. The molecule has 2 aromatic carbocycles. The normalized spacial score (nSPS) is 12.7. The van der Waals surface area contributed by atoms with Gasteiger partial charge in [-0.2, -0.15) is 12.6 Å². The summed E-state index contributed by atoms with van der Waals surface area (Å²) in [5, 5.41) is 0.519. The van der Waals surface area contributed by atoms with Gasteiger partial charge >= 0.3 is 5.97 Å². The molecule has 0 bridgehead atoms. The van der Waals surface area contributed by atoms with E-state index in [2.05, 4.69) is 0 Å². The molecule has 0 fully saturated rings. The first-order valence-corrected chi connectivity index (χ1v) is 9.45. The van der Waals surface area contributed by atoms with Crippen LogP contribution >= 0.6 is 24.0 Å². The second-order valence-corrected chi connectivity index (χ2v) is 7.21. The molecule has 0 saturated heterocycles. The van der Waals surface area contributed by atoms with Gasteiger partial charge < -0.3 is 14.2 Å². The fourth-order valence-corrected chi connectivity index (χ4v) is 4.13. The van der Waals surface area contributed by atoms with Gasteiger partial charge in [-0.3, -0.25) is 0 Å². The third kappa shape index (κ3) is 3.94. The van der Waals surface area contributed by atoms with Crippen LogP contribution in [0.25, 0.3) is 15.8 Å². The van der Waals surface area contributed by atoms with E-state index in [0.717, 1.165) is 26.5 Å². The van der Waals surface area contributed by atoms with E-state index in [-0.39, 0.29) is 5.25 Å². The van der Waals surface area contributed by atoms with Gasteiger partial charge in [0.15, 0.2) is 0 Å². The molecule has 0 spiro atoms. The summed E-state index contributed by atoms with van der Waals surface area (Å²) in [6.07, 6.45) is 1.38. The van der Waals surface area contributed by atoms with E-state index in [9.17, 15) is 4.79 Å². The van der Waals surface area contributed by atoms with Crippen molar-refractivity contribution in [1.29, 1.82) is 0 Å². The maximum absolute atomic E-state index is 12.2. The molecule has 1 heterocycles. The lowest BCUT2D eigenvalue weighted by molar-refractivity contribution is -0.133. The first-order valence-electron chi connectivity index (χ1n) is 8.12. The predicted molar refractivity (Wildman–Crippen MR) is 110 cm³/mol. The molecule has 3 aromatic rings. The van der Waals surface area contributed by atoms with Gasteiger partial charge in [0.05, 0.1) is 43.1 Å². The molecule has 1 unspecified atom stereocenters. The Bertz CT molecular complexity index is 997. The average Bonchev–Trinajstić information content (AvgIpc) is 3.14. The van der Waals surface area contributed by atoms with Gasteiger partial charge in [0.25, 0.3) is 0 Å². The van der Waals surface area contributed by atoms with Crippen molar-refractivity contribution in [1.82, 2.24) is 4.98 Å². The van der Waals surface area contributed by atoms with Crippen molar-refractivity contribution < 1.29 is 19.0 Å². The lowest BCUT2D eigenvalue weighted by Crippen LogP contribution is -2.08. The molecule has 140 valence electrons. The Balaban J connectivity index is 2.06. The Morgan fingerprint density at radius 3 is 2.67 bits per heavy atom. The summed E-state index contributed by atoms with van der Waals surface area (Å²) in [6.45, 7) is 0. The highest BCUT2D eigenvalue weighted by atomic mass is 32.1. The van der Waals surface area contributed by atoms with Crippen molar-refractivity contribution in [2.24, 2.45) is 0 Å². The SMILES string of the molecule is CO/C=C(/C(=O)OC)c1ccccc1C(S)c1nc2cc(OC)ccc2s1. The Kier molecular flexibility index (Phi) is 6.03. The molecule has 3 rings (SSSR count). The second kappa shape index (κ2) is 8.45. The number of fused-ring (bicyclic) bond motifs is 1. The number of hydrogen-bond acceptors (Lipinski definition) is 7. The molecule has 0 radical (unpaired) electrons. The van der Waals surface area contributed by atoms with E-state index < -0.39 is 5.97 Å². The van der Waals surface area contributed by atoms with E-state index >= 15 is 0 Å². The predicted octanol–water partition coefficient (Wildman–Crippen LogP) is 4.48. The molecule has 5 nitrogen and oxygen atoms in total. The Hall–Kier alpha value is -2.51. The van der Waals surface area contributed by atoms with E-state index in [4.69, 9.17) is 31.8 Å². The van der Waals surface area contributed by atoms with Gasteiger partial charge in [0.1, 0.15) is 16.3 Å². The number of carbonyl (C=O) groups excluding carboxylic acids is 1. The van der Waals surface area contributed by atoms with Gasteiger partial charge in [-0.15, -0.1) is 11.3 Å². The van der Waals surface area contributed by atoms with Crippen LogP contribution in [-0.2, 0) is 14.3 Å². The zero-order chi connectivity index (χ0) is 19.4. The highest BCUT2D eigenvalue weighted by molar-refractivity contribution is 7.81.